The first kappa shape index (κ1) is 10.6. The summed E-state index contributed by atoms with van der Waals surface area (Å²) in [5.41, 5.74) is 1.93. The number of fused-ring (bicyclic) bond motifs is 3. The molecule has 0 aliphatic carbocycles. The van der Waals surface area contributed by atoms with Gasteiger partial charge in [0.15, 0.2) is 0 Å². The molecule has 0 bridgehead atoms. The fourth-order valence-electron chi connectivity index (χ4n) is 1.75. The molecule has 0 atom stereocenters. The van der Waals surface area contributed by atoms with Crippen LogP contribution in [0.1, 0.15) is 13.8 Å². The maximum absolute atomic E-state index is 4.35. The summed E-state index contributed by atoms with van der Waals surface area (Å²) < 4.78 is 0. The molecule has 1 heterocycles. The average molecular weight is 213 g/mol. The molecule has 0 saturated carbocycles. The Bertz CT molecular complexity index is 611. The van der Waals surface area contributed by atoms with Crippen LogP contribution in [0.15, 0.2) is 36.4 Å². The van der Waals surface area contributed by atoms with Gasteiger partial charge < -0.3 is 0 Å². The van der Waals surface area contributed by atoms with Crippen LogP contribution in [0.2, 0.25) is 0 Å². The number of nitrogens with zero attached hydrogens (tertiary/aromatic N) is 3. The Labute approximate surface area is 94.7 Å². The second-order valence-electron chi connectivity index (χ2n) is 3.34. The second kappa shape index (κ2) is 4.31. The Morgan fingerprint density at radius 3 is 2.50 bits per heavy atom. The quantitative estimate of drug-likeness (QED) is 0.574. The van der Waals surface area contributed by atoms with E-state index in [2.05, 4.69) is 28.4 Å². The molecule has 0 aliphatic heterocycles. The third-order valence-electron chi connectivity index (χ3n) is 2.38. The maximum Gasteiger partial charge on any atom is 0.121 e. The summed E-state index contributed by atoms with van der Waals surface area (Å²) in [4.78, 5) is 1.61. The molecule has 3 aromatic rings. The largest absolute Gasteiger partial charge is 0.187 e. The average Bonchev–Trinajstić information content (AvgIpc) is 2.72. The highest BCUT2D eigenvalue weighted by Crippen LogP contribution is 2.21. The molecule has 0 N–H and O–H groups in total. The fraction of sp³-hybridized carbons (Fsp3) is 0.231. The summed E-state index contributed by atoms with van der Waals surface area (Å²) >= 11 is 0. The van der Waals surface area contributed by atoms with Gasteiger partial charge in [0.25, 0.3) is 0 Å². The number of hydrogen-bond acceptors (Lipinski definition) is 2. The van der Waals surface area contributed by atoms with Crippen molar-refractivity contribution in [3.05, 3.63) is 36.4 Å². The van der Waals surface area contributed by atoms with E-state index in [0.717, 1.165) is 16.4 Å². The number of aryl methyl sites for hydroxylation is 1. The molecule has 0 unspecified atom stereocenters. The minimum atomic E-state index is 0.950. The first-order valence-electron chi connectivity index (χ1n) is 5.53. The number of rotatable bonds is 0. The van der Waals surface area contributed by atoms with Gasteiger partial charge in [-0.05, 0) is 11.5 Å². The predicted molar refractivity (Wildman–Crippen MR) is 67.4 cm³/mol. The molecule has 0 saturated heterocycles. The maximum atomic E-state index is 4.35. The normalized spacial score (nSPS) is 10.2. The number of benzene rings is 2. The van der Waals surface area contributed by atoms with Crippen molar-refractivity contribution in [1.29, 1.82) is 0 Å². The van der Waals surface area contributed by atoms with Gasteiger partial charge in [0, 0.05) is 12.4 Å². The molecule has 3 rings (SSSR count). The third kappa shape index (κ3) is 1.65. The summed E-state index contributed by atoms with van der Waals surface area (Å²) in [5.74, 6) is 0. The van der Waals surface area contributed by atoms with Crippen molar-refractivity contribution in [3.63, 3.8) is 0 Å². The first-order chi connectivity index (χ1) is 7.84. The van der Waals surface area contributed by atoms with Gasteiger partial charge in [0.2, 0.25) is 0 Å². The molecule has 0 spiro atoms. The van der Waals surface area contributed by atoms with Gasteiger partial charge in [0.1, 0.15) is 11.0 Å². The Morgan fingerprint density at radius 1 is 0.938 bits per heavy atom. The third-order valence-corrected chi connectivity index (χ3v) is 2.38. The molecule has 3 nitrogen and oxygen atoms in total. The Hall–Kier alpha value is -1.90. The van der Waals surface area contributed by atoms with Crippen molar-refractivity contribution in [2.45, 2.75) is 13.8 Å². The summed E-state index contributed by atoms with van der Waals surface area (Å²) in [6.45, 7) is 4.00. The molecule has 0 aliphatic rings. The lowest BCUT2D eigenvalue weighted by atomic mass is 10.1. The van der Waals surface area contributed by atoms with Crippen molar-refractivity contribution in [2.75, 3.05) is 0 Å². The van der Waals surface area contributed by atoms with Crippen molar-refractivity contribution in [3.8, 4) is 0 Å². The molecule has 16 heavy (non-hydrogen) atoms. The molecule has 0 radical (unpaired) electrons. The molecular weight excluding hydrogens is 198 g/mol. The number of hydrogen-bond donors (Lipinski definition) is 0. The number of aromatic nitrogens is 3. The van der Waals surface area contributed by atoms with E-state index in [-0.39, 0.29) is 0 Å². The minimum absolute atomic E-state index is 0.950. The van der Waals surface area contributed by atoms with Crippen LogP contribution in [0, 0.1) is 0 Å². The van der Waals surface area contributed by atoms with E-state index < -0.39 is 0 Å². The zero-order valence-electron chi connectivity index (χ0n) is 9.81. The molecule has 82 valence electrons. The van der Waals surface area contributed by atoms with Crippen LogP contribution in [0.5, 0.6) is 0 Å². The summed E-state index contributed by atoms with van der Waals surface area (Å²) in [6.07, 6.45) is 0. The van der Waals surface area contributed by atoms with Gasteiger partial charge in [-0.1, -0.05) is 44.2 Å². The minimum Gasteiger partial charge on any atom is -0.187 e. The lowest BCUT2D eigenvalue weighted by Gasteiger charge is -1.95. The Kier molecular flexibility index (Phi) is 2.86. The van der Waals surface area contributed by atoms with Crippen molar-refractivity contribution < 1.29 is 0 Å². The van der Waals surface area contributed by atoms with Gasteiger partial charge in [-0.25, -0.2) is 0 Å². The lowest BCUT2D eigenvalue weighted by Crippen LogP contribution is -1.90. The highest BCUT2D eigenvalue weighted by atomic mass is 15.4. The highest BCUT2D eigenvalue weighted by molar-refractivity contribution is 6.03. The molecule has 1 aromatic heterocycles. The zero-order chi connectivity index (χ0) is 11.5. The topological polar surface area (TPSA) is 30.7 Å². The van der Waals surface area contributed by atoms with Gasteiger partial charge in [-0.3, -0.25) is 0 Å². The van der Waals surface area contributed by atoms with Crippen molar-refractivity contribution in [1.82, 2.24) is 15.0 Å². The van der Waals surface area contributed by atoms with E-state index in [1.165, 1.54) is 5.39 Å². The van der Waals surface area contributed by atoms with E-state index >= 15 is 0 Å². The van der Waals surface area contributed by atoms with Gasteiger partial charge >= 0.3 is 0 Å². The van der Waals surface area contributed by atoms with Crippen molar-refractivity contribution >= 4 is 21.8 Å². The molecule has 2 aromatic carbocycles. The van der Waals surface area contributed by atoms with Gasteiger partial charge in [-0.2, -0.15) is 15.0 Å². The summed E-state index contributed by atoms with van der Waals surface area (Å²) in [6, 6.07) is 12.3. The van der Waals surface area contributed by atoms with Gasteiger partial charge in [-0.15, -0.1) is 0 Å². The van der Waals surface area contributed by atoms with E-state index in [0.29, 0.717) is 0 Å². The van der Waals surface area contributed by atoms with Crippen LogP contribution in [0.4, 0.5) is 0 Å². The van der Waals surface area contributed by atoms with E-state index in [9.17, 15) is 0 Å². The first-order valence-corrected chi connectivity index (χ1v) is 5.53. The molecule has 0 fully saturated rings. The highest BCUT2D eigenvalue weighted by Gasteiger charge is 2.03. The SMILES string of the molecule is CC.Cn1nc2ccc3ccccc3c2n1. The van der Waals surface area contributed by atoms with Gasteiger partial charge in [0.05, 0.1) is 0 Å². The van der Waals surface area contributed by atoms with Crippen LogP contribution >= 0.6 is 0 Å². The molecular formula is C13H15N3. The Morgan fingerprint density at radius 2 is 1.69 bits per heavy atom. The van der Waals surface area contributed by atoms with E-state index in [4.69, 9.17) is 0 Å². The van der Waals surface area contributed by atoms with Crippen LogP contribution in [0.3, 0.4) is 0 Å². The zero-order valence-corrected chi connectivity index (χ0v) is 9.81. The summed E-state index contributed by atoms with van der Waals surface area (Å²) in [7, 11) is 1.84. The lowest BCUT2D eigenvalue weighted by molar-refractivity contribution is 0.665. The monoisotopic (exact) mass is 213 g/mol. The fourth-order valence-corrected chi connectivity index (χ4v) is 1.75. The Balaban J connectivity index is 0.000000457. The van der Waals surface area contributed by atoms with Crippen LogP contribution < -0.4 is 0 Å². The predicted octanol–water partition coefficient (Wildman–Crippen LogP) is 3.15. The van der Waals surface area contributed by atoms with Crippen molar-refractivity contribution in [2.24, 2.45) is 7.05 Å². The van der Waals surface area contributed by atoms with Crippen LogP contribution in [-0.2, 0) is 7.05 Å². The van der Waals surface area contributed by atoms with Crippen LogP contribution in [-0.4, -0.2) is 15.0 Å². The summed E-state index contributed by atoms with van der Waals surface area (Å²) in [5, 5.41) is 11.0. The molecule has 3 heteroatoms. The van der Waals surface area contributed by atoms with E-state index in [1.807, 2.05) is 39.1 Å². The van der Waals surface area contributed by atoms with E-state index in [1.54, 1.807) is 4.80 Å². The smallest absolute Gasteiger partial charge is 0.121 e. The second-order valence-corrected chi connectivity index (χ2v) is 3.34. The molecule has 0 amide bonds. The van der Waals surface area contributed by atoms with Crippen LogP contribution in [0.25, 0.3) is 21.8 Å². The standard InChI is InChI=1S/C11H9N3.C2H6/c1-14-12-10-7-6-8-4-2-3-5-9(8)11(10)13-14;1-2/h2-7H,1H3;1-2H3.